The number of thioether (sulfide) groups is 1. The number of pyridine rings is 1. The molecule has 0 saturated carbocycles. The summed E-state index contributed by atoms with van der Waals surface area (Å²) in [6.07, 6.45) is 3.65. The molecule has 7 heteroatoms. The highest BCUT2D eigenvalue weighted by molar-refractivity contribution is 8.18. The molecule has 150 valence electrons. The summed E-state index contributed by atoms with van der Waals surface area (Å²) in [4.78, 5) is 21.5. The molecular weight excluding hydrogens is 398 g/mol. The van der Waals surface area contributed by atoms with Crippen LogP contribution in [0.25, 0.3) is 6.08 Å². The van der Waals surface area contributed by atoms with Crippen LogP contribution in [0.3, 0.4) is 0 Å². The Kier molecular flexibility index (Phi) is 6.10. The molecule has 0 atom stereocenters. The lowest BCUT2D eigenvalue weighted by atomic mass is 10.2. The highest BCUT2D eigenvalue weighted by Gasteiger charge is 2.23. The van der Waals surface area contributed by atoms with Crippen molar-refractivity contribution in [1.29, 1.82) is 0 Å². The van der Waals surface area contributed by atoms with Gasteiger partial charge in [0.05, 0.1) is 23.4 Å². The van der Waals surface area contributed by atoms with Crippen molar-refractivity contribution < 1.29 is 14.3 Å². The van der Waals surface area contributed by atoms with E-state index >= 15 is 0 Å². The SMILES string of the molecule is COc1cccc(N=C2NC(=O)SC2=Cc2cccc(OCc3ccccn3)c2)c1. The lowest BCUT2D eigenvalue weighted by molar-refractivity contribution is 0.265. The summed E-state index contributed by atoms with van der Waals surface area (Å²) in [6.45, 7) is 0.387. The number of hydrogen-bond donors (Lipinski definition) is 1. The predicted octanol–water partition coefficient (Wildman–Crippen LogP) is 5.20. The fourth-order valence-corrected chi connectivity index (χ4v) is 3.54. The third-order valence-corrected chi connectivity index (χ3v) is 5.04. The summed E-state index contributed by atoms with van der Waals surface area (Å²) in [5.41, 5.74) is 2.46. The zero-order valence-corrected chi connectivity index (χ0v) is 17.1. The molecule has 1 aliphatic heterocycles. The minimum atomic E-state index is -0.162. The number of benzene rings is 2. The maximum absolute atomic E-state index is 12.0. The van der Waals surface area contributed by atoms with Crippen molar-refractivity contribution in [2.24, 2.45) is 4.99 Å². The summed E-state index contributed by atoms with van der Waals surface area (Å²) in [5.74, 6) is 1.94. The highest BCUT2D eigenvalue weighted by Crippen LogP contribution is 2.30. The number of hydrogen-bond acceptors (Lipinski definition) is 6. The number of nitrogens with one attached hydrogen (secondary N) is 1. The molecule has 2 heterocycles. The largest absolute Gasteiger partial charge is 0.497 e. The minimum absolute atomic E-state index is 0.162. The van der Waals surface area contributed by atoms with Gasteiger partial charge >= 0.3 is 0 Å². The number of ether oxygens (including phenoxy) is 2. The Bertz CT molecular complexity index is 1110. The van der Waals surface area contributed by atoms with Crippen LogP contribution in [0.1, 0.15) is 11.3 Å². The zero-order chi connectivity index (χ0) is 20.8. The van der Waals surface area contributed by atoms with E-state index < -0.39 is 0 Å². The van der Waals surface area contributed by atoms with Crippen LogP contribution in [-0.4, -0.2) is 23.2 Å². The molecule has 1 aliphatic rings. The van der Waals surface area contributed by atoms with E-state index in [1.807, 2.05) is 72.8 Å². The molecule has 0 spiro atoms. The van der Waals surface area contributed by atoms with Crippen LogP contribution in [0.2, 0.25) is 0 Å². The van der Waals surface area contributed by atoms with Gasteiger partial charge in [-0.2, -0.15) is 0 Å². The van der Waals surface area contributed by atoms with Gasteiger partial charge in [-0.05, 0) is 59.8 Å². The van der Waals surface area contributed by atoms with Gasteiger partial charge in [0.2, 0.25) is 0 Å². The first-order valence-corrected chi connectivity index (χ1v) is 10.1. The van der Waals surface area contributed by atoms with Gasteiger partial charge in [0.1, 0.15) is 23.9 Å². The molecule has 0 bridgehead atoms. The quantitative estimate of drug-likeness (QED) is 0.597. The molecule has 0 unspecified atom stereocenters. The maximum atomic E-state index is 12.0. The molecule has 6 nitrogen and oxygen atoms in total. The Morgan fingerprint density at radius 3 is 2.77 bits per heavy atom. The van der Waals surface area contributed by atoms with Crippen molar-refractivity contribution in [2.75, 3.05) is 7.11 Å². The molecular formula is C23H19N3O3S. The van der Waals surface area contributed by atoms with E-state index in [4.69, 9.17) is 9.47 Å². The molecule has 1 amide bonds. The van der Waals surface area contributed by atoms with Crippen LogP contribution in [0.15, 0.2) is 82.8 Å². The normalized spacial score (nSPS) is 16.0. The van der Waals surface area contributed by atoms with Gasteiger partial charge in [-0.25, -0.2) is 4.99 Å². The monoisotopic (exact) mass is 417 g/mol. The average molecular weight is 417 g/mol. The molecule has 30 heavy (non-hydrogen) atoms. The molecule has 0 radical (unpaired) electrons. The van der Waals surface area contributed by atoms with E-state index in [0.717, 1.165) is 33.7 Å². The van der Waals surface area contributed by atoms with E-state index in [9.17, 15) is 4.79 Å². The highest BCUT2D eigenvalue weighted by atomic mass is 32.2. The third kappa shape index (κ3) is 5.07. The molecule has 0 aliphatic carbocycles. The number of amides is 1. The molecule has 1 fully saturated rings. The Morgan fingerprint density at radius 2 is 1.93 bits per heavy atom. The second-order valence-corrected chi connectivity index (χ2v) is 7.38. The molecule has 3 aromatic rings. The average Bonchev–Trinajstić information content (AvgIpc) is 3.11. The number of aliphatic imine (C=N–C) groups is 1. The molecule has 1 aromatic heterocycles. The van der Waals surface area contributed by atoms with Crippen molar-refractivity contribution in [3.8, 4) is 11.5 Å². The fourth-order valence-electron chi connectivity index (χ4n) is 2.81. The minimum Gasteiger partial charge on any atom is -0.497 e. The van der Waals surface area contributed by atoms with Crippen LogP contribution in [0, 0.1) is 0 Å². The first-order chi connectivity index (χ1) is 14.7. The number of aromatic nitrogens is 1. The van der Waals surface area contributed by atoms with E-state index in [1.54, 1.807) is 13.3 Å². The predicted molar refractivity (Wildman–Crippen MR) is 119 cm³/mol. The number of amidine groups is 1. The van der Waals surface area contributed by atoms with Crippen LogP contribution in [0.4, 0.5) is 10.5 Å². The second kappa shape index (κ2) is 9.28. The first kappa shape index (κ1) is 19.7. The summed E-state index contributed by atoms with van der Waals surface area (Å²) in [7, 11) is 1.60. The van der Waals surface area contributed by atoms with Crippen LogP contribution in [0.5, 0.6) is 11.5 Å². The number of carbonyl (C=O) groups is 1. The van der Waals surface area contributed by atoms with Gasteiger partial charge in [0, 0.05) is 12.3 Å². The Morgan fingerprint density at radius 1 is 1.07 bits per heavy atom. The van der Waals surface area contributed by atoms with Crippen LogP contribution >= 0.6 is 11.8 Å². The second-order valence-electron chi connectivity index (χ2n) is 6.37. The molecule has 2 aromatic carbocycles. The summed E-state index contributed by atoms with van der Waals surface area (Å²) in [5, 5.41) is 2.64. The maximum Gasteiger partial charge on any atom is 0.289 e. The van der Waals surface area contributed by atoms with Gasteiger partial charge in [-0.15, -0.1) is 0 Å². The van der Waals surface area contributed by atoms with Crippen molar-refractivity contribution in [3.63, 3.8) is 0 Å². The lowest BCUT2D eigenvalue weighted by Crippen LogP contribution is -2.18. The van der Waals surface area contributed by atoms with Gasteiger partial charge in [-0.1, -0.05) is 24.3 Å². The van der Waals surface area contributed by atoms with E-state index in [1.165, 1.54) is 0 Å². The number of methoxy groups -OCH3 is 1. The Labute approximate surface area is 178 Å². The van der Waals surface area contributed by atoms with Crippen molar-refractivity contribution in [2.45, 2.75) is 6.61 Å². The summed E-state index contributed by atoms with van der Waals surface area (Å²) >= 11 is 1.11. The number of carbonyl (C=O) groups excluding carboxylic acids is 1. The van der Waals surface area contributed by atoms with E-state index in [-0.39, 0.29) is 5.24 Å². The smallest absolute Gasteiger partial charge is 0.289 e. The van der Waals surface area contributed by atoms with Crippen LogP contribution < -0.4 is 14.8 Å². The van der Waals surface area contributed by atoms with Gasteiger partial charge in [0.25, 0.3) is 5.24 Å². The van der Waals surface area contributed by atoms with Crippen molar-refractivity contribution in [1.82, 2.24) is 10.3 Å². The Balaban J connectivity index is 1.55. The standard InChI is InChI=1S/C23H19N3O3S/c1-28-19-9-5-8-17(14-19)25-22-21(30-23(27)26-22)13-16-6-4-10-20(12-16)29-15-18-7-2-3-11-24-18/h2-14H,15H2,1H3,(H,25,26,27). The molecule has 1 N–H and O–H groups in total. The lowest BCUT2D eigenvalue weighted by Gasteiger charge is -2.07. The summed E-state index contributed by atoms with van der Waals surface area (Å²) < 4.78 is 11.1. The summed E-state index contributed by atoms with van der Waals surface area (Å²) in [6, 6.07) is 20.8. The van der Waals surface area contributed by atoms with Crippen molar-refractivity contribution in [3.05, 3.63) is 89.1 Å². The third-order valence-electron chi connectivity index (χ3n) is 4.22. The molecule has 4 rings (SSSR count). The number of nitrogens with zero attached hydrogens (tertiary/aromatic N) is 2. The zero-order valence-electron chi connectivity index (χ0n) is 16.2. The van der Waals surface area contributed by atoms with E-state index in [0.29, 0.717) is 23.9 Å². The Hall–Kier alpha value is -3.58. The van der Waals surface area contributed by atoms with Gasteiger partial charge < -0.3 is 14.8 Å². The van der Waals surface area contributed by atoms with Crippen molar-refractivity contribution >= 4 is 34.6 Å². The number of rotatable bonds is 6. The fraction of sp³-hybridized carbons (Fsp3) is 0.0870. The topological polar surface area (TPSA) is 72.8 Å². The molecule has 1 saturated heterocycles. The van der Waals surface area contributed by atoms with Gasteiger partial charge in [0.15, 0.2) is 0 Å². The first-order valence-electron chi connectivity index (χ1n) is 9.26. The van der Waals surface area contributed by atoms with E-state index in [2.05, 4.69) is 15.3 Å². The van der Waals surface area contributed by atoms with Gasteiger partial charge in [-0.3, -0.25) is 9.78 Å². The van der Waals surface area contributed by atoms with Crippen LogP contribution in [-0.2, 0) is 6.61 Å².